The van der Waals surface area contributed by atoms with E-state index in [1.165, 1.54) is 25.5 Å². The number of sulfone groups is 1. The summed E-state index contributed by atoms with van der Waals surface area (Å²) >= 11 is 0. The second-order valence-electron chi connectivity index (χ2n) is 3.72. The Hall–Kier alpha value is -1.95. The Morgan fingerprint density at radius 1 is 1.11 bits per heavy atom. The molecule has 0 N–H and O–H groups in total. The number of methoxy groups -OCH3 is 1. The molecule has 1 heterocycles. The van der Waals surface area contributed by atoms with Crippen LogP contribution in [0.2, 0.25) is 0 Å². The fourth-order valence-corrected chi connectivity index (χ4v) is 2.08. The van der Waals surface area contributed by atoms with Crippen LogP contribution in [0, 0.1) is 0 Å². The predicted molar refractivity (Wildman–Crippen MR) is 67.1 cm³/mol. The standard InChI is InChI=1S/C12H12N2O3S/c1-17-11-7-8-13-12(14-11)9-3-5-10(6-4-9)18(2,15)16/h3-8H,1-2H3. The van der Waals surface area contributed by atoms with Gasteiger partial charge in [-0.15, -0.1) is 0 Å². The highest BCUT2D eigenvalue weighted by atomic mass is 32.2. The van der Waals surface area contributed by atoms with E-state index >= 15 is 0 Å². The van der Waals surface area contributed by atoms with Crippen molar-refractivity contribution in [2.75, 3.05) is 13.4 Å². The molecule has 2 rings (SSSR count). The third kappa shape index (κ3) is 2.65. The fourth-order valence-electron chi connectivity index (χ4n) is 1.45. The monoisotopic (exact) mass is 264 g/mol. The minimum atomic E-state index is -3.18. The molecule has 0 aliphatic rings. The summed E-state index contributed by atoms with van der Waals surface area (Å²) in [6.07, 6.45) is 2.76. The maximum absolute atomic E-state index is 11.3. The van der Waals surface area contributed by atoms with Crippen molar-refractivity contribution >= 4 is 9.84 Å². The summed E-state index contributed by atoms with van der Waals surface area (Å²) in [4.78, 5) is 8.55. The molecule has 2 aromatic rings. The van der Waals surface area contributed by atoms with Crippen molar-refractivity contribution in [1.29, 1.82) is 0 Å². The van der Waals surface area contributed by atoms with Gasteiger partial charge in [-0.3, -0.25) is 0 Å². The van der Waals surface area contributed by atoms with Crippen molar-refractivity contribution in [3.63, 3.8) is 0 Å². The predicted octanol–water partition coefficient (Wildman–Crippen LogP) is 1.56. The van der Waals surface area contributed by atoms with Crippen LogP contribution in [0.3, 0.4) is 0 Å². The largest absolute Gasteiger partial charge is 0.481 e. The first-order chi connectivity index (χ1) is 8.50. The van der Waals surface area contributed by atoms with E-state index in [-0.39, 0.29) is 4.90 Å². The number of hydrogen-bond donors (Lipinski definition) is 0. The average molecular weight is 264 g/mol. The molecule has 0 bridgehead atoms. The fraction of sp³-hybridized carbons (Fsp3) is 0.167. The third-order valence-electron chi connectivity index (χ3n) is 2.38. The zero-order valence-electron chi connectivity index (χ0n) is 9.99. The summed E-state index contributed by atoms with van der Waals surface area (Å²) in [5.41, 5.74) is 0.737. The van der Waals surface area contributed by atoms with E-state index in [9.17, 15) is 8.42 Å². The molecule has 6 heteroatoms. The lowest BCUT2D eigenvalue weighted by molar-refractivity contribution is 0.397. The maximum atomic E-state index is 11.3. The molecule has 0 saturated heterocycles. The number of rotatable bonds is 3. The van der Waals surface area contributed by atoms with Gasteiger partial charge in [0.05, 0.1) is 12.0 Å². The van der Waals surface area contributed by atoms with Crippen LogP contribution in [0.15, 0.2) is 41.4 Å². The van der Waals surface area contributed by atoms with Gasteiger partial charge in [0.2, 0.25) is 5.88 Å². The normalized spacial score (nSPS) is 11.2. The van der Waals surface area contributed by atoms with Crippen LogP contribution in [0.5, 0.6) is 5.88 Å². The molecule has 1 aromatic heterocycles. The first kappa shape index (κ1) is 12.5. The third-order valence-corrected chi connectivity index (χ3v) is 3.51. The first-order valence-electron chi connectivity index (χ1n) is 5.18. The molecule has 0 spiro atoms. The highest BCUT2D eigenvalue weighted by Gasteiger charge is 2.08. The molecule has 0 saturated carbocycles. The molecule has 0 aliphatic heterocycles. The van der Waals surface area contributed by atoms with Crippen LogP contribution in [-0.4, -0.2) is 31.8 Å². The smallest absolute Gasteiger partial charge is 0.216 e. The SMILES string of the molecule is COc1ccnc(-c2ccc(S(C)(=O)=O)cc2)n1. The lowest BCUT2D eigenvalue weighted by Crippen LogP contribution is -1.97. The van der Waals surface area contributed by atoms with E-state index in [1.54, 1.807) is 24.4 Å². The molecule has 0 fully saturated rings. The Balaban J connectivity index is 2.40. The van der Waals surface area contributed by atoms with Crippen molar-refractivity contribution in [3.05, 3.63) is 36.5 Å². The van der Waals surface area contributed by atoms with Crippen molar-refractivity contribution < 1.29 is 13.2 Å². The minimum absolute atomic E-state index is 0.272. The van der Waals surface area contributed by atoms with Crippen LogP contribution >= 0.6 is 0 Å². The lowest BCUT2D eigenvalue weighted by Gasteiger charge is -2.03. The van der Waals surface area contributed by atoms with Crippen molar-refractivity contribution in [1.82, 2.24) is 9.97 Å². The number of benzene rings is 1. The highest BCUT2D eigenvalue weighted by Crippen LogP contribution is 2.19. The van der Waals surface area contributed by atoms with Gasteiger partial charge in [-0.05, 0) is 24.3 Å². The Morgan fingerprint density at radius 3 is 2.33 bits per heavy atom. The molecule has 0 aliphatic carbocycles. The molecule has 1 aromatic carbocycles. The van der Waals surface area contributed by atoms with Gasteiger partial charge in [-0.25, -0.2) is 13.4 Å². The number of ether oxygens (including phenoxy) is 1. The van der Waals surface area contributed by atoms with Crippen LogP contribution < -0.4 is 4.74 Å². The molecule has 0 radical (unpaired) electrons. The van der Waals surface area contributed by atoms with Gasteiger partial charge in [-0.2, -0.15) is 4.98 Å². The summed E-state index contributed by atoms with van der Waals surface area (Å²) in [7, 11) is -1.65. The molecule has 94 valence electrons. The van der Waals surface area contributed by atoms with Gasteiger partial charge in [0, 0.05) is 24.1 Å². The van der Waals surface area contributed by atoms with E-state index in [0.717, 1.165) is 5.56 Å². The highest BCUT2D eigenvalue weighted by molar-refractivity contribution is 7.90. The summed E-state index contributed by atoms with van der Waals surface area (Å²) < 4.78 is 27.7. The average Bonchev–Trinajstić information content (AvgIpc) is 2.38. The number of hydrogen-bond acceptors (Lipinski definition) is 5. The van der Waals surface area contributed by atoms with Crippen LogP contribution in [0.1, 0.15) is 0 Å². The minimum Gasteiger partial charge on any atom is -0.481 e. The zero-order chi connectivity index (χ0) is 13.2. The Bertz CT molecular complexity index is 651. The first-order valence-corrected chi connectivity index (χ1v) is 7.07. The van der Waals surface area contributed by atoms with Gasteiger partial charge in [0.1, 0.15) is 0 Å². The van der Waals surface area contributed by atoms with Gasteiger partial charge in [0.15, 0.2) is 15.7 Å². The molecule has 0 atom stereocenters. The maximum Gasteiger partial charge on any atom is 0.216 e. The van der Waals surface area contributed by atoms with E-state index in [2.05, 4.69) is 9.97 Å². The molecular weight excluding hydrogens is 252 g/mol. The molecule has 5 nitrogen and oxygen atoms in total. The van der Waals surface area contributed by atoms with Crippen molar-refractivity contribution in [2.45, 2.75) is 4.90 Å². The summed E-state index contributed by atoms with van der Waals surface area (Å²) in [5.74, 6) is 0.960. The summed E-state index contributed by atoms with van der Waals surface area (Å²) in [5, 5.41) is 0. The van der Waals surface area contributed by atoms with Crippen molar-refractivity contribution in [2.24, 2.45) is 0 Å². The number of nitrogens with zero attached hydrogens (tertiary/aromatic N) is 2. The number of aromatic nitrogens is 2. The van der Waals surface area contributed by atoms with Gasteiger partial charge in [0.25, 0.3) is 0 Å². The van der Waals surface area contributed by atoms with E-state index in [4.69, 9.17) is 4.74 Å². The molecule has 0 unspecified atom stereocenters. The topological polar surface area (TPSA) is 69.2 Å². The van der Waals surface area contributed by atoms with Crippen LogP contribution in [-0.2, 0) is 9.84 Å². The second kappa shape index (κ2) is 4.73. The van der Waals surface area contributed by atoms with E-state index in [1.807, 2.05) is 0 Å². The molecule has 0 amide bonds. The Labute approximate surface area is 105 Å². The molecular formula is C12H12N2O3S. The summed E-state index contributed by atoms with van der Waals surface area (Å²) in [6, 6.07) is 8.06. The zero-order valence-corrected chi connectivity index (χ0v) is 10.8. The Morgan fingerprint density at radius 2 is 1.78 bits per heavy atom. The van der Waals surface area contributed by atoms with Gasteiger partial charge < -0.3 is 4.74 Å². The van der Waals surface area contributed by atoms with E-state index in [0.29, 0.717) is 11.7 Å². The van der Waals surface area contributed by atoms with Crippen LogP contribution in [0.4, 0.5) is 0 Å². The second-order valence-corrected chi connectivity index (χ2v) is 5.73. The van der Waals surface area contributed by atoms with Gasteiger partial charge in [-0.1, -0.05) is 0 Å². The molecule has 18 heavy (non-hydrogen) atoms. The van der Waals surface area contributed by atoms with Crippen LogP contribution in [0.25, 0.3) is 11.4 Å². The lowest BCUT2D eigenvalue weighted by atomic mass is 10.2. The quantitative estimate of drug-likeness (QED) is 0.841. The Kier molecular flexibility index (Phi) is 3.29. The van der Waals surface area contributed by atoms with Crippen molar-refractivity contribution in [3.8, 4) is 17.3 Å². The van der Waals surface area contributed by atoms with E-state index < -0.39 is 9.84 Å². The summed E-state index contributed by atoms with van der Waals surface area (Å²) in [6.45, 7) is 0. The van der Waals surface area contributed by atoms with Gasteiger partial charge >= 0.3 is 0 Å².